The number of Topliss-reactive ketones (excluding diaryl/α,β-unsaturated/α-hetero) is 1. The Morgan fingerprint density at radius 2 is 1.80 bits per heavy atom. The molecule has 0 aliphatic heterocycles. The van der Waals surface area contributed by atoms with E-state index in [4.69, 9.17) is 0 Å². The van der Waals surface area contributed by atoms with Crippen molar-refractivity contribution in [1.82, 2.24) is 14.8 Å². The number of rotatable bonds is 3. The molecule has 0 saturated carbocycles. The zero-order chi connectivity index (χ0) is 13.9. The molecule has 0 spiro atoms. The third kappa shape index (κ3) is 2.36. The Kier molecular flexibility index (Phi) is 3.13. The third-order valence-corrected chi connectivity index (χ3v) is 3.06. The molecule has 2 heterocycles. The van der Waals surface area contributed by atoms with Crippen LogP contribution >= 0.6 is 0 Å². The fourth-order valence-corrected chi connectivity index (χ4v) is 1.97. The van der Waals surface area contributed by atoms with Crippen LogP contribution in [0.3, 0.4) is 0 Å². The van der Waals surface area contributed by atoms with Crippen LogP contribution in [0.25, 0.3) is 16.8 Å². The highest BCUT2D eigenvalue weighted by molar-refractivity contribution is 5.92. The van der Waals surface area contributed by atoms with Gasteiger partial charge < -0.3 is 0 Å². The summed E-state index contributed by atoms with van der Waals surface area (Å²) in [7, 11) is 0. The molecular weight excluding hydrogens is 250 g/mol. The molecule has 3 rings (SSSR count). The van der Waals surface area contributed by atoms with Crippen molar-refractivity contribution in [3.05, 3.63) is 66.7 Å². The summed E-state index contributed by atoms with van der Waals surface area (Å²) in [5.41, 5.74) is 3.45. The normalized spacial score (nSPS) is 10.4. The van der Waals surface area contributed by atoms with Crippen molar-refractivity contribution in [3.8, 4) is 16.8 Å². The van der Waals surface area contributed by atoms with Crippen LogP contribution in [0, 0.1) is 0 Å². The second-order valence-corrected chi connectivity index (χ2v) is 4.50. The summed E-state index contributed by atoms with van der Waals surface area (Å²) in [5.74, 6) is -0.0398. The van der Waals surface area contributed by atoms with E-state index in [2.05, 4.69) is 10.1 Å². The Hall–Kier alpha value is -2.75. The van der Waals surface area contributed by atoms with Gasteiger partial charge in [0, 0.05) is 18.7 Å². The van der Waals surface area contributed by atoms with Crippen LogP contribution in [0.4, 0.5) is 0 Å². The topological polar surface area (TPSA) is 47.8 Å². The van der Waals surface area contributed by atoms with Gasteiger partial charge >= 0.3 is 0 Å². The van der Waals surface area contributed by atoms with Crippen LogP contribution in [0.5, 0.6) is 0 Å². The van der Waals surface area contributed by atoms with Crippen LogP contribution in [0.2, 0.25) is 0 Å². The number of pyridine rings is 1. The molecule has 4 nitrogen and oxygen atoms in total. The zero-order valence-corrected chi connectivity index (χ0v) is 11.0. The summed E-state index contributed by atoms with van der Waals surface area (Å²) in [5, 5.41) is 4.33. The number of carbonyl (C=O) groups is 1. The predicted molar refractivity (Wildman–Crippen MR) is 76.8 cm³/mol. The molecule has 1 aromatic carbocycles. The van der Waals surface area contributed by atoms with Gasteiger partial charge in [0.05, 0.1) is 18.1 Å². The first-order valence-electron chi connectivity index (χ1n) is 6.31. The number of carbonyl (C=O) groups excluding carboxylic acids is 1. The highest BCUT2D eigenvalue weighted by atomic mass is 16.1. The highest BCUT2D eigenvalue weighted by Gasteiger charge is 2.05. The second kappa shape index (κ2) is 5.09. The van der Waals surface area contributed by atoms with Gasteiger partial charge in [-0.05, 0) is 17.7 Å². The maximum Gasteiger partial charge on any atom is 0.178 e. The molecule has 0 saturated heterocycles. The predicted octanol–water partition coefficient (Wildman–Crippen LogP) is 3.14. The van der Waals surface area contributed by atoms with Gasteiger partial charge in [0.2, 0.25) is 0 Å². The summed E-state index contributed by atoms with van der Waals surface area (Å²) in [4.78, 5) is 15.3. The van der Waals surface area contributed by atoms with Gasteiger partial charge in [-0.25, -0.2) is 4.68 Å². The van der Waals surface area contributed by atoms with Crippen molar-refractivity contribution in [2.24, 2.45) is 0 Å². The summed E-state index contributed by atoms with van der Waals surface area (Å²) in [6.45, 7) is 1.50. The minimum Gasteiger partial charge on any atom is -0.293 e. The molecule has 2 aromatic heterocycles. The van der Waals surface area contributed by atoms with Crippen LogP contribution in [0.15, 0.2) is 61.1 Å². The van der Waals surface area contributed by atoms with E-state index in [-0.39, 0.29) is 5.78 Å². The van der Waals surface area contributed by atoms with Crippen molar-refractivity contribution < 1.29 is 4.79 Å². The van der Waals surface area contributed by atoms with Gasteiger partial charge in [-0.15, -0.1) is 0 Å². The fourth-order valence-electron chi connectivity index (χ4n) is 1.97. The summed E-state index contributed by atoms with van der Waals surface area (Å²) < 4.78 is 1.75. The molecule has 3 aromatic rings. The van der Waals surface area contributed by atoms with E-state index < -0.39 is 0 Å². The van der Waals surface area contributed by atoms with E-state index in [0.29, 0.717) is 5.69 Å². The van der Waals surface area contributed by atoms with E-state index in [1.165, 1.54) is 6.92 Å². The average Bonchev–Trinajstić information content (AvgIpc) is 2.98. The van der Waals surface area contributed by atoms with Gasteiger partial charge in [-0.3, -0.25) is 9.78 Å². The standard InChI is InChI=1S/C16H13N3O/c1-12(20)16-8-7-15(10-17-16)19-11-14(9-18-19)13-5-3-2-4-6-13/h2-11H,1H3. The lowest BCUT2D eigenvalue weighted by molar-refractivity contribution is 0.101. The maximum atomic E-state index is 11.2. The fraction of sp³-hybridized carbons (Fsp3) is 0.0625. The first kappa shape index (κ1) is 12.3. The van der Waals surface area contributed by atoms with Gasteiger partial charge in [-0.2, -0.15) is 5.10 Å². The molecule has 0 aliphatic rings. The van der Waals surface area contributed by atoms with Crippen molar-refractivity contribution in [3.63, 3.8) is 0 Å². The average molecular weight is 263 g/mol. The Bertz CT molecular complexity index is 730. The highest BCUT2D eigenvalue weighted by Crippen LogP contribution is 2.19. The minimum absolute atomic E-state index is 0.0398. The smallest absolute Gasteiger partial charge is 0.178 e. The Morgan fingerprint density at radius 1 is 1.00 bits per heavy atom. The molecule has 0 amide bonds. The zero-order valence-electron chi connectivity index (χ0n) is 11.0. The number of hydrogen-bond acceptors (Lipinski definition) is 3. The van der Waals surface area contributed by atoms with Crippen LogP contribution < -0.4 is 0 Å². The lowest BCUT2D eigenvalue weighted by Crippen LogP contribution is -1.99. The Balaban J connectivity index is 1.92. The third-order valence-electron chi connectivity index (χ3n) is 3.06. The molecule has 0 unspecified atom stereocenters. The number of aromatic nitrogens is 3. The van der Waals surface area contributed by atoms with Crippen LogP contribution in [-0.2, 0) is 0 Å². The largest absolute Gasteiger partial charge is 0.293 e. The van der Waals surface area contributed by atoms with Crippen molar-refractivity contribution in [2.75, 3.05) is 0 Å². The minimum atomic E-state index is -0.0398. The maximum absolute atomic E-state index is 11.2. The van der Waals surface area contributed by atoms with Gasteiger partial charge in [0.25, 0.3) is 0 Å². The lowest BCUT2D eigenvalue weighted by Gasteiger charge is -2.01. The summed E-state index contributed by atoms with van der Waals surface area (Å²) >= 11 is 0. The van der Waals surface area contributed by atoms with Crippen molar-refractivity contribution >= 4 is 5.78 Å². The van der Waals surface area contributed by atoms with Crippen molar-refractivity contribution in [2.45, 2.75) is 6.92 Å². The molecule has 98 valence electrons. The molecule has 20 heavy (non-hydrogen) atoms. The molecule has 0 atom stereocenters. The monoisotopic (exact) mass is 263 g/mol. The SMILES string of the molecule is CC(=O)c1ccc(-n2cc(-c3ccccc3)cn2)cn1. The molecule has 4 heteroatoms. The van der Waals surface area contributed by atoms with Crippen LogP contribution in [0.1, 0.15) is 17.4 Å². The van der Waals surface area contributed by atoms with E-state index in [1.54, 1.807) is 16.9 Å². The molecule has 0 radical (unpaired) electrons. The first-order valence-corrected chi connectivity index (χ1v) is 6.31. The van der Waals surface area contributed by atoms with Gasteiger partial charge in [-0.1, -0.05) is 30.3 Å². The Labute approximate surface area is 116 Å². The summed E-state index contributed by atoms with van der Waals surface area (Å²) in [6.07, 6.45) is 5.41. The molecule has 0 bridgehead atoms. The molecule has 0 aliphatic carbocycles. The number of hydrogen-bond donors (Lipinski definition) is 0. The van der Waals surface area contributed by atoms with Crippen molar-refractivity contribution in [1.29, 1.82) is 0 Å². The van der Waals surface area contributed by atoms with E-state index >= 15 is 0 Å². The molecule has 0 N–H and O–H groups in total. The van der Waals surface area contributed by atoms with Gasteiger partial charge in [0.1, 0.15) is 5.69 Å². The number of ketones is 1. The first-order chi connectivity index (χ1) is 9.74. The number of benzene rings is 1. The Morgan fingerprint density at radius 3 is 2.45 bits per heavy atom. The van der Waals surface area contributed by atoms with E-state index in [0.717, 1.165) is 16.8 Å². The summed E-state index contributed by atoms with van der Waals surface area (Å²) in [6, 6.07) is 13.6. The molecular formula is C16H13N3O. The van der Waals surface area contributed by atoms with Crippen LogP contribution in [-0.4, -0.2) is 20.5 Å². The molecule has 0 fully saturated rings. The quantitative estimate of drug-likeness (QED) is 0.682. The second-order valence-electron chi connectivity index (χ2n) is 4.50. The lowest BCUT2D eigenvalue weighted by atomic mass is 10.1. The number of nitrogens with zero attached hydrogens (tertiary/aromatic N) is 3. The van der Waals surface area contributed by atoms with E-state index in [9.17, 15) is 4.79 Å². The van der Waals surface area contributed by atoms with E-state index in [1.807, 2.05) is 48.8 Å². The van der Waals surface area contributed by atoms with Gasteiger partial charge in [0.15, 0.2) is 5.78 Å².